The van der Waals surface area contributed by atoms with Gasteiger partial charge in [0.1, 0.15) is 5.82 Å². The summed E-state index contributed by atoms with van der Waals surface area (Å²) in [6.07, 6.45) is 4.10. The molecule has 1 aromatic rings. The van der Waals surface area contributed by atoms with Crippen molar-refractivity contribution < 1.29 is 9.18 Å². The molecule has 1 saturated heterocycles. The summed E-state index contributed by atoms with van der Waals surface area (Å²) in [6.45, 7) is 3.79. The number of halogens is 1. The Morgan fingerprint density at radius 1 is 1.25 bits per heavy atom. The van der Waals surface area contributed by atoms with E-state index in [9.17, 15) is 9.18 Å². The first-order valence-electron chi connectivity index (χ1n) is 7.47. The number of rotatable bonds is 3. The van der Waals surface area contributed by atoms with Crippen molar-refractivity contribution in [3.8, 4) is 0 Å². The van der Waals surface area contributed by atoms with E-state index in [1.807, 2.05) is 13.0 Å². The van der Waals surface area contributed by atoms with Gasteiger partial charge in [0.2, 0.25) is 0 Å². The second-order valence-electron chi connectivity index (χ2n) is 5.97. The molecular formula is C16H21FN2O. The van der Waals surface area contributed by atoms with Crippen molar-refractivity contribution in [1.29, 1.82) is 0 Å². The standard InChI is InChI=1S/C16H21FN2O/c1-10-8-12(11-4-6-18-7-5-11)9-14(17)15(10)16(20)19-13-2-3-13/h8-9,11,13,18H,2-7H2,1H3,(H,19,20). The number of piperidine rings is 1. The zero-order valence-electron chi connectivity index (χ0n) is 11.8. The molecule has 4 heteroatoms. The van der Waals surface area contributed by atoms with E-state index < -0.39 is 0 Å². The number of benzene rings is 1. The molecule has 0 radical (unpaired) electrons. The van der Waals surface area contributed by atoms with E-state index in [2.05, 4.69) is 10.6 Å². The fourth-order valence-electron chi connectivity index (χ4n) is 2.93. The van der Waals surface area contributed by atoms with Crippen LogP contribution in [0.3, 0.4) is 0 Å². The molecule has 0 bridgehead atoms. The number of nitrogens with one attached hydrogen (secondary N) is 2. The fraction of sp³-hybridized carbons (Fsp3) is 0.562. The van der Waals surface area contributed by atoms with Gasteiger partial charge in [-0.3, -0.25) is 4.79 Å². The minimum atomic E-state index is -0.378. The van der Waals surface area contributed by atoms with Gasteiger partial charge in [0.15, 0.2) is 0 Å². The molecule has 2 N–H and O–H groups in total. The van der Waals surface area contributed by atoms with Crippen molar-refractivity contribution >= 4 is 5.91 Å². The van der Waals surface area contributed by atoms with Gasteiger partial charge in [0, 0.05) is 6.04 Å². The van der Waals surface area contributed by atoms with Gasteiger partial charge >= 0.3 is 0 Å². The third kappa shape index (κ3) is 2.85. The zero-order valence-corrected chi connectivity index (χ0v) is 11.8. The molecule has 1 aliphatic heterocycles. The van der Waals surface area contributed by atoms with Gasteiger partial charge in [-0.25, -0.2) is 4.39 Å². The predicted octanol–water partition coefficient (Wildman–Crippen LogP) is 2.49. The molecule has 0 aromatic heterocycles. The van der Waals surface area contributed by atoms with Crippen molar-refractivity contribution in [2.24, 2.45) is 0 Å². The van der Waals surface area contributed by atoms with E-state index in [-0.39, 0.29) is 23.3 Å². The summed E-state index contributed by atoms with van der Waals surface area (Å²) in [4.78, 5) is 12.1. The summed E-state index contributed by atoms with van der Waals surface area (Å²) in [7, 11) is 0. The number of aryl methyl sites for hydroxylation is 1. The molecule has 0 spiro atoms. The highest BCUT2D eigenvalue weighted by atomic mass is 19.1. The van der Waals surface area contributed by atoms with Crippen LogP contribution < -0.4 is 10.6 Å². The molecule has 2 fully saturated rings. The molecule has 1 aromatic carbocycles. The average molecular weight is 276 g/mol. The van der Waals surface area contributed by atoms with Gasteiger partial charge in [-0.2, -0.15) is 0 Å². The van der Waals surface area contributed by atoms with Crippen LogP contribution in [0.2, 0.25) is 0 Å². The third-order valence-electron chi connectivity index (χ3n) is 4.26. The van der Waals surface area contributed by atoms with Gasteiger partial charge in [-0.05, 0) is 68.8 Å². The summed E-state index contributed by atoms with van der Waals surface area (Å²) in [5.41, 5.74) is 2.00. The highest BCUT2D eigenvalue weighted by Crippen LogP contribution is 2.29. The predicted molar refractivity (Wildman–Crippen MR) is 76.5 cm³/mol. The molecular weight excluding hydrogens is 255 g/mol. The monoisotopic (exact) mass is 276 g/mol. The minimum absolute atomic E-state index is 0.217. The molecule has 2 aliphatic rings. The Balaban J connectivity index is 1.83. The number of carbonyl (C=O) groups excluding carboxylic acids is 1. The summed E-state index contributed by atoms with van der Waals surface area (Å²) < 4.78 is 14.3. The van der Waals surface area contributed by atoms with Crippen LogP contribution in [-0.4, -0.2) is 25.0 Å². The van der Waals surface area contributed by atoms with Gasteiger partial charge in [0.05, 0.1) is 5.56 Å². The van der Waals surface area contributed by atoms with E-state index in [1.54, 1.807) is 6.07 Å². The molecule has 1 saturated carbocycles. The summed E-state index contributed by atoms with van der Waals surface area (Å²) in [5, 5.41) is 6.18. The van der Waals surface area contributed by atoms with Crippen molar-refractivity contribution in [1.82, 2.24) is 10.6 Å². The van der Waals surface area contributed by atoms with E-state index >= 15 is 0 Å². The molecule has 1 heterocycles. The Kier molecular flexibility index (Phi) is 3.74. The molecule has 0 unspecified atom stereocenters. The smallest absolute Gasteiger partial charge is 0.254 e. The van der Waals surface area contributed by atoms with E-state index in [1.165, 1.54) is 0 Å². The topological polar surface area (TPSA) is 41.1 Å². The first-order valence-corrected chi connectivity index (χ1v) is 7.47. The number of amides is 1. The SMILES string of the molecule is Cc1cc(C2CCNCC2)cc(F)c1C(=O)NC1CC1. The Morgan fingerprint density at radius 3 is 2.55 bits per heavy atom. The lowest BCUT2D eigenvalue weighted by molar-refractivity contribution is 0.0946. The maximum Gasteiger partial charge on any atom is 0.254 e. The average Bonchev–Trinajstić information content (AvgIpc) is 3.22. The Morgan fingerprint density at radius 2 is 1.95 bits per heavy atom. The van der Waals surface area contributed by atoms with Crippen LogP contribution in [0.5, 0.6) is 0 Å². The second kappa shape index (κ2) is 5.52. The maximum absolute atomic E-state index is 14.3. The quantitative estimate of drug-likeness (QED) is 0.890. The molecule has 1 amide bonds. The summed E-state index contributed by atoms with van der Waals surface area (Å²) in [6, 6.07) is 3.80. The molecule has 3 rings (SSSR count). The zero-order chi connectivity index (χ0) is 14.1. The molecule has 3 nitrogen and oxygen atoms in total. The molecule has 20 heavy (non-hydrogen) atoms. The van der Waals surface area contributed by atoms with Gasteiger partial charge in [0.25, 0.3) is 5.91 Å². The van der Waals surface area contributed by atoms with E-state index in [0.717, 1.165) is 49.9 Å². The van der Waals surface area contributed by atoms with Gasteiger partial charge in [-0.1, -0.05) is 6.07 Å². The highest BCUT2D eigenvalue weighted by molar-refractivity contribution is 5.96. The van der Waals surface area contributed by atoms with Crippen LogP contribution in [0.1, 0.15) is 53.1 Å². The van der Waals surface area contributed by atoms with Gasteiger partial charge in [-0.15, -0.1) is 0 Å². The molecule has 108 valence electrons. The molecule has 1 aliphatic carbocycles. The largest absolute Gasteiger partial charge is 0.349 e. The van der Waals surface area contributed by atoms with Crippen LogP contribution in [0.4, 0.5) is 4.39 Å². The van der Waals surface area contributed by atoms with Crippen LogP contribution in [0.25, 0.3) is 0 Å². The molecule has 0 atom stereocenters. The first kappa shape index (κ1) is 13.6. The van der Waals surface area contributed by atoms with Crippen LogP contribution in [0, 0.1) is 12.7 Å². The summed E-state index contributed by atoms with van der Waals surface area (Å²) in [5.74, 6) is -0.235. The van der Waals surface area contributed by atoms with Crippen molar-refractivity contribution in [2.45, 2.75) is 44.6 Å². The number of hydrogen-bond donors (Lipinski definition) is 2. The van der Waals surface area contributed by atoms with Crippen LogP contribution in [0.15, 0.2) is 12.1 Å². The Labute approximate surface area is 118 Å². The summed E-state index contributed by atoms with van der Waals surface area (Å²) >= 11 is 0. The number of carbonyl (C=O) groups is 1. The lowest BCUT2D eigenvalue weighted by Crippen LogP contribution is -2.28. The van der Waals surface area contributed by atoms with Crippen molar-refractivity contribution in [3.63, 3.8) is 0 Å². The fourth-order valence-corrected chi connectivity index (χ4v) is 2.93. The minimum Gasteiger partial charge on any atom is -0.349 e. The van der Waals surface area contributed by atoms with Crippen LogP contribution >= 0.6 is 0 Å². The van der Waals surface area contributed by atoms with Gasteiger partial charge < -0.3 is 10.6 Å². The van der Waals surface area contributed by atoms with E-state index in [4.69, 9.17) is 0 Å². The normalized spacial score (nSPS) is 19.9. The second-order valence-corrected chi connectivity index (χ2v) is 5.97. The highest BCUT2D eigenvalue weighted by Gasteiger charge is 2.26. The third-order valence-corrected chi connectivity index (χ3v) is 4.26. The lowest BCUT2D eigenvalue weighted by Gasteiger charge is -2.24. The van der Waals surface area contributed by atoms with Crippen molar-refractivity contribution in [2.75, 3.05) is 13.1 Å². The lowest BCUT2D eigenvalue weighted by atomic mass is 9.88. The first-order chi connectivity index (χ1) is 9.65. The Bertz CT molecular complexity index is 496. The Hall–Kier alpha value is -1.42. The van der Waals surface area contributed by atoms with Crippen LogP contribution in [-0.2, 0) is 0 Å². The number of hydrogen-bond acceptors (Lipinski definition) is 2. The van der Waals surface area contributed by atoms with E-state index in [0.29, 0.717) is 5.92 Å². The van der Waals surface area contributed by atoms with Crippen molar-refractivity contribution in [3.05, 3.63) is 34.6 Å². The maximum atomic E-state index is 14.3.